The van der Waals surface area contributed by atoms with Crippen molar-refractivity contribution in [2.75, 3.05) is 19.8 Å². The van der Waals surface area contributed by atoms with Crippen LogP contribution in [0.5, 0.6) is 11.5 Å². The lowest BCUT2D eigenvalue weighted by atomic mass is 10.3. The first kappa shape index (κ1) is 12.8. The molecule has 1 aromatic carbocycles. The van der Waals surface area contributed by atoms with Crippen molar-refractivity contribution in [3.8, 4) is 11.5 Å². The van der Waals surface area contributed by atoms with Crippen LogP contribution in [0.4, 0.5) is 0 Å². The SMILES string of the molecule is CCCOc1ccccc1OCC(O)CN. The van der Waals surface area contributed by atoms with Crippen molar-refractivity contribution in [1.82, 2.24) is 0 Å². The van der Waals surface area contributed by atoms with Gasteiger partial charge in [-0.1, -0.05) is 19.1 Å². The van der Waals surface area contributed by atoms with Gasteiger partial charge in [0.25, 0.3) is 0 Å². The summed E-state index contributed by atoms with van der Waals surface area (Å²) in [6, 6.07) is 7.41. The Hall–Kier alpha value is -1.26. The molecular weight excluding hydrogens is 206 g/mol. The Balaban J connectivity index is 2.56. The zero-order valence-corrected chi connectivity index (χ0v) is 9.56. The van der Waals surface area contributed by atoms with Gasteiger partial charge in [0, 0.05) is 6.54 Å². The molecule has 4 nitrogen and oxygen atoms in total. The first-order chi connectivity index (χ1) is 7.77. The summed E-state index contributed by atoms with van der Waals surface area (Å²) in [7, 11) is 0. The lowest BCUT2D eigenvalue weighted by molar-refractivity contribution is 0.111. The molecule has 0 fully saturated rings. The molecule has 0 spiro atoms. The summed E-state index contributed by atoms with van der Waals surface area (Å²) in [5, 5.41) is 9.30. The summed E-state index contributed by atoms with van der Waals surface area (Å²) in [6.07, 6.45) is 0.305. The van der Waals surface area contributed by atoms with E-state index in [1.807, 2.05) is 31.2 Å². The van der Waals surface area contributed by atoms with Gasteiger partial charge < -0.3 is 20.3 Å². The number of rotatable bonds is 7. The number of hydrogen-bond acceptors (Lipinski definition) is 4. The van der Waals surface area contributed by atoms with Gasteiger partial charge in [-0.05, 0) is 18.6 Å². The van der Waals surface area contributed by atoms with E-state index in [-0.39, 0.29) is 13.2 Å². The Kier molecular flexibility index (Phi) is 5.67. The maximum Gasteiger partial charge on any atom is 0.161 e. The molecule has 4 heteroatoms. The summed E-state index contributed by atoms with van der Waals surface area (Å²) >= 11 is 0. The van der Waals surface area contributed by atoms with E-state index in [9.17, 15) is 5.11 Å². The molecule has 0 aromatic heterocycles. The van der Waals surface area contributed by atoms with E-state index < -0.39 is 6.10 Å². The summed E-state index contributed by atoms with van der Waals surface area (Å²) in [4.78, 5) is 0. The van der Waals surface area contributed by atoms with Gasteiger partial charge in [0.1, 0.15) is 12.7 Å². The second-order valence-electron chi connectivity index (χ2n) is 3.50. The lowest BCUT2D eigenvalue weighted by Crippen LogP contribution is -2.26. The highest BCUT2D eigenvalue weighted by Gasteiger charge is 2.06. The fourth-order valence-electron chi connectivity index (χ4n) is 1.15. The second-order valence-corrected chi connectivity index (χ2v) is 3.50. The highest BCUT2D eigenvalue weighted by molar-refractivity contribution is 5.39. The number of hydrogen-bond donors (Lipinski definition) is 2. The van der Waals surface area contributed by atoms with Crippen LogP contribution in [-0.2, 0) is 0 Å². The monoisotopic (exact) mass is 225 g/mol. The molecule has 0 heterocycles. The van der Waals surface area contributed by atoms with Crippen LogP contribution in [-0.4, -0.2) is 31.0 Å². The van der Waals surface area contributed by atoms with E-state index >= 15 is 0 Å². The van der Waals surface area contributed by atoms with Crippen LogP contribution >= 0.6 is 0 Å². The normalized spacial score (nSPS) is 12.2. The Morgan fingerprint density at radius 2 is 1.88 bits per heavy atom. The summed E-state index contributed by atoms with van der Waals surface area (Å²) in [5.41, 5.74) is 5.29. The third-order valence-corrected chi connectivity index (χ3v) is 2.01. The van der Waals surface area contributed by atoms with Crippen LogP contribution in [0, 0.1) is 0 Å². The molecule has 0 bridgehead atoms. The Morgan fingerprint density at radius 3 is 2.44 bits per heavy atom. The van der Waals surface area contributed by atoms with Gasteiger partial charge in [0.15, 0.2) is 11.5 Å². The molecule has 0 amide bonds. The molecule has 0 saturated heterocycles. The van der Waals surface area contributed by atoms with Crippen molar-refractivity contribution < 1.29 is 14.6 Å². The fourth-order valence-corrected chi connectivity index (χ4v) is 1.15. The van der Waals surface area contributed by atoms with Crippen molar-refractivity contribution in [3.63, 3.8) is 0 Å². The first-order valence-corrected chi connectivity index (χ1v) is 5.50. The first-order valence-electron chi connectivity index (χ1n) is 5.50. The average molecular weight is 225 g/mol. The van der Waals surface area contributed by atoms with Crippen molar-refractivity contribution in [2.24, 2.45) is 5.73 Å². The number of aliphatic hydroxyl groups is 1. The smallest absolute Gasteiger partial charge is 0.161 e. The van der Waals surface area contributed by atoms with E-state index in [2.05, 4.69) is 0 Å². The van der Waals surface area contributed by atoms with Crippen LogP contribution in [0.3, 0.4) is 0 Å². The van der Waals surface area contributed by atoms with Crippen LogP contribution in [0.1, 0.15) is 13.3 Å². The van der Waals surface area contributed by atoms with Gasteiger partial charge in [-0.15, -0.1) is 0 Å². The molecule has 0 aliphatic carbocycles. The second kappa shape index (κ2) is 7.09. The third-order valence-electron chi connectivity index (χ3n) is 2.01. The summed E-state index contributed by atoms with van der Waals surface area (Å²) in [6.45, 7) is 3.07. The highest BCUT2D eigenvalue weighted by atomic mass is 16.5. The van der Waals surface area contributed by atoms with E-state index in [1.54, 1.807) is 0 Å². The molecule has 16 heavy (non-hydrogen) atoms. The number of aliphatic hydroxyl groups excluding tert-OH is 1. The predicted octanol–water partition coefficient (Wildman–Crippen LogP) is 1.17. The molecule has 0 radical (unpaired) electrons. The van der Waals surface area contributed by atoms with Crippen molar-refractivity contribution in [1.29, 1.82) is 0 Å². The molecule has 0 aliphatic rings. The van der Waals surface area contributed by atoms with Crippen LogP contribution in [0.25, 0.3) is 0 Å². The molecule has 1 atom stereocenters. The summed E-state index contributed by atoms with van der Waals surface area (Å²) < 4.78 is 10.9. The van der Waals surface area contributed by atoms with Gasteiger partial charge in [-0.3, -0.25) is 0 Å². The minimum absolute atomic E-state index is 0.184. The van der Waals surface area contributed by atoms with Crippen LogP contribution < -0.4 is 15.2 Å². The zero-order chi connectivity index (χ0) is 11.8. The topological polar surface area (TPSA) is 64.7 Å². The molecule has 3 N–H and O–H groups in total. The number of nitrogens with two attached hydrogens (primary N) is 1. The fraction of sp³-hybridized carbons (Fsp3) is 0.500. The predicted molar refractivity (Wildman–Crippen MR) is 62.8 cm³/mol. The Labute approximate surface area is 96.0 Å². The number of benzene rings is 1. The molecule has 90 valence electrons. The molecule has 1 rings (SSSR count). The Morgan fingerprint density at radius 1 is 1.25 bits per heavy atom. The molecule has 1 aromatic rings. The van der Waals surface area contributed by atoms with Crippen molar-refractivity contribution in [2.45, 2.75) is 19.4 Å². The minimum Gasteiger partial charge on any atom is -0.490 e. The van der Waals surface area contributed by atoms with E-state index in [0.717, 1.165) is 6.42 Å². The third kappa shape index (κ3) is 4.08. The highest BCUT2D eigenvalue weighted by Crippen LogP contribution is 2.26. The maximum atomic E-state index is 9.30. The molecule has 1 unspecified atom stereocenters. The molecular formula is C12H19NO3. The quantitative estimate of drug-likeness (QED) is 0.731. The van der Waals surface area contributed by atoms with E-state index in [1.165, 1.54) is 0 Å². The standard InChI is InChI=1S/C12H19NO3/c1-2-7-15-11-5-3-4-6-12(11)16-9-10(14)8-13/h3-6,10,14H,2,7-9,13H2,1H3. The summed E-state index contributed by atoms with van der Waals surface area (Å²) in [5.74, 6) is 1.34. The van der Waals surface area contributed by atoms with Crippen LogP contribution in [0.15, 0.2) is 24.3 Å². The molecule has 0 aliphatic heterocycles. The van der Waals surface area contributed by atoms with E-state index in [4.69, 9.17) is 15.2 Å². The van der Waals surface area contributed by atoms with Gasteiger partial charge in [-0.25, -0.2) is 0 Å². The average Bonchev–Trinajstić information content (AvgIpc) is 2.34. The Bertz CT molecular complexity index is 304. The number of ether oxygens (including phenoxy) is 2. The minimum atomic E-state index is -0.640. The van der Waals surface area contributed by atoms with Gasteiger partial charge >= 0.3 is 0 Å². The lowest BCUT2D eigenvalue weighted by Gasteiger charge is -2.14. The largest absolute Gasteiger partial charge is 0.490 e. The number of para-hydroxylation sites is 2. The maximum absolute atomic E-state index is 9.30. The zero-order valence-electron chi connectivity index (χ0n) is 9.56. The van der Waals surface area contributed by atoms with Gasteiger partial charge in [-0.2, -0.15) is 0 Å². The van der Waals surface area contributed by atoms with Crippen LogP contribution in [0.2, 0.25) is 0 Å². The van der Waals surface area contributed by atoms with Gasteiger partial charge in [0.05, 0.1) is 6.61 Å². The van der Waals surface area contributed by atoms with Crippen molar-refractivity contribution in [3.05, 3.63) is 24.3 Å². The van der Waals surface area contributed by atoms with Gasteiger partial charge in [0.2, 0.25) is 0 Å². The van der Waals surface area contributed by atoms with E-state index in [0.29, 0.717) is 18.1 Å². The molecule has 0 saturated carbocycles. The van der Waals surface area contributed by atoms with Crippen molar-refractivity contribution >= 4 is 0 Å².